The maximum atomic E-state index is 12.5. The van der Waals surface area contributed by atoms with Gasteiger partial charge in [0.05, 0.1) is 18.6 Å². The molecule has 2 aromatic carbocycles. The van der Waals surface area contributed by atoms with E-state index in [0.29, 0.717) is 11.4 Å². The van der Waals surface area contributed by atoms with Crippen LogP contribution in [0.5, 0.6) is 0 Å². The van der Waals surface area contributed by atoms with Crippen molar-refractivity contribution >= 4 is 29.3 Å². The predicted octanol–water partition coefficient (Wildman–Crippen LogP) is 1.29. The molecule has 3 amide bonds. The fraction of sp³-hybridized carbons (Fsp3) is 0.211. The minimum absolute atomic E-state index is 0.357. The minimum atomic E-state index is -1.38. The van der Waals surface area contributed by atoms with Gasteiger partial charge in [-0.1, -0.05) is 30.3 Å². The summed E-state index contributed by atoms with van der Waals surface area (Å²) in [5.74, 6) is -1.95. The number of aryl methyl sites for hydroxylation is 1. The minimum Gasteiger partial charge on any atom is -0.548 e. The highest BCUT2D eigenvalue weighted by Gasteiger charge is 2.23. The first kappa shape index (κ1) is 19.0. The van der Waals surface area contributed by atoms with E-state index in [1.165, 1.54) is 6.92 Å². The van der Waals surface area contributed by atoms with Crippen LogP contribution in [0.3, 0.4) is 0 Å². The van der Waals surface area contributed by atoms with E-state index < -0.39 is 23.9 Å². The van der Waals surface area contributed by atoms with Crippen LogP contribution in [-0.2, 0) is 9.59 Å². The molecule has 7 nitrogen and oxygen atoms in total. The van der Waals surface area contributed by atoms with Gasteiger partial charge in [0.25, 0.3) is 0 Å². The second kappa shape index (κ2) is 8.66. The third-order valence-corrected chi connectivity index (χ3v) is 3.71. The molecule has 0 radical (unpaired) electrons. The molecule has 0 aromatic heterocycles. The topological polar surface area (TPSA) is 102 Å². The Morgan fingerprint density at radius 2 is 1.77 bits per heavy atom. The standard InChI is InChI=1S/C19H21N3O4/c1-13-7-6-8-15(11-13)21-19(26)20-12-17(23)22(14(2)18(24)25)16-9-4-3-5-10-16/h3-11,14H,12H2,1-2H3,(H,24,25)(H2,20,21,26)/p-1. The van der Waals surface area contributed by atoms with Gasteiger partial charge in [-0.15, -0.1) is 0 Å². The fourth-order valence-corrected chi connectivity index (χ4v) is 2.42. The predicted molar refractivity (Wildman–Crippen MR) is 96.6 cm³/mol. The first-order valence-electron chi connectivity index (χ1n) is 8.08. The maximum Gasteiger partial charge on any atom is 0.319 e. The summed E-state index contributed by atoms with van der Waals surface area (Å²) in [5, 5.41) is 16.3. The molecular weight excluding hydrogens is 334 g/mol. The smallest absolute Gasteiger partial charge is 0.319 e. The highest BCUT2D eigenvalue weighted by atomic mass is 16.4. The van der Waals surface area contributed by atoms with Crippen molar-refractivity contribution in [1.29, 1.82) is 0 Å². The van der Waals surface area contributed by atoms with E-state index in [-0.39, 0.29) is 6.54 Å². The van der Waals surface area contributed by atoms with E-state index in [1.54, 1.807) is 48.5 Å². The molecule has 26 heavy (non-hydrogen) atoms. The number of aliphatic carboxylic acids is 1. The van der Waals surface area contributed by atoms with Crippen molar-refractivity contribution < 1.29 is 19.5 Å². The Balaban J connectivity index is 2.02. The molecule has 1 unspecified atom stereocenters. The number of rotatable bonds is 6. The fourth-order valence-electron chi connectivity index (χ4n) is 2.42. The zero-order chi connectivity index (χ0) is 19.1. The second-order valence-electron chi connectivity index (χ2n) is 5.77. The van der Waals surface area contributed by atoms with Crippen molar-refractivity contribution in [3.8, 4) is 0 Å². The highest BCUT2D eigenvalue weighted by molar-refractivity contribution is 6.01. The van der Waals surface area contributed by atoms with Crippen molar-refractivity contribution in [3.05, 3.63) is 60.2 Å². The molecule has 0 aliphatic heterocycles. The lowest BCUT2D eigenvalue weighted by atomic mass is 10.2. The third-order valence-electron chi connectivity index (χ3n) is 3.71. The Morgan fingerprint density at radius 1 is 1.08 bits per heavy atom. The van der Waals surface area contributed by atoms with Gasteiger partial charge in [0.2, 0.25) is 5.91 Å². The maximum absolute atomic E-state index is 12.5. The van der Waals surface area contributed by atoms with Crippen molar-refractivity contribution in [3.63, 3.8) is 0 Å². The number of carbonyl (C=O) groups excluding carboxylic acids is 3. The average molecular weight is 354 g/mol. The molecule has 2 aromatic rings. The van der Waals surface area contributed by atoms with Crippen LogP contribution in [0.2, 0.25) is 0 Å². The van der Waals surface area contributed by atoms with E-state index >= 15 is 0 Å². The number of carboxylic acid groups (broad SMARTS) is 1. The molecule has 0 spiro atoms. The Bertz CT molecular complexity index is 792. The van der Waals surface area contributed by atoms with Crippen LogP contribution in [0, 0.1) is 6.92 Å². The molecule has 2 rings (SSSR count). The zero-order valence-corrected chi connectivity index (χ0v) is 14.6. The molecule has 7 heteroatoms. The Kier molecular flexibility index (Phi) is 6.32. The van der Waals surface area contributed by atoms with Crippen molar-refractivity contribution in [2.24, 2.45) is 0 Å². The van der Waals surface area contributed by atoms with Gasteiger partial charge in [-0.25, -0.2) is 4.79 Å². The normalized spacial score (nSPS) is 11.3. The number of urea groups is 1. The monoisotopic (exact) mass is 354 g/mol. The number of anilines is 2. The summed E-state index contributed by atoms with van der Waals surface area (Å²) in [5.41, 5.74) is 1.99. The van der Waals surface area contributed by atoms with E-state index in [1.807, 2.05) is 13.0 Å². The van der Waals surface area contributed by atoms with E-state index in [4.69, 9.17) is 0 Å². The number of nitrogens with one attached hydrogen (secondary N) is 2. The Morgan fingerprint density at radius 3 is 2.38 bits per heavy atom. The van der Waals surface area contributed by atoms with E-state index in [0.717, 1.165) is 10.5 Å². The van der Waals surface area contributed by atoms with Crippen LogP contribution in [0.25, 0.3) is 0 Å². The molecule has 0 heterocycles. The van der Waals surface area contributed by atoms with Gasteiger partial charge in [-0.2, -0.15) is 0 Å². The lowest BCUT2D eigenvalue weighted by molar-refractivity contribution is -0.307. The molecule has 136 valence electrons. The molecule has 0 saturated heterocycles. The van der Waals surface area contributed by atoms with Crippen LogP contribution in [0.1, 0.15) is 12.5 Å². The quantitative estimate of drug-likeness (QED) is 0.816. The number of carboxylic acids is 1. The summed E-state index contributed by atoms with van der Waals surface area (Å²) in [4.78, 5) is 36.8. The van der Waals surface area contributed by atoms with Crippen molar-refractivity contribution in [2.75, 3.05) is 16.8 Å². The Hall–Kier alpha value is -3.35. The number of para-hydroxylation sites is 1. The van der Waals surface area contributed by atoms with Gasteiger partial charge in [-0.05, 0) is 43.7 Å². The number of hydrogen-bond donors (Lipinski definition) is 2. The van der Waals surface area contributed by atoms with Crippen LogP contribution >= 0.6 is 0 Å². The van der Waals surface area contributed by atoms with Gasteiger partial charge in [0, 0.05) is 11.4 Å². The van der Waals surface area contributed by atoms with Crippen LogP contribution in [0.4, 0.5) is 16.2 Å². The largest absolute Gasteiger partial charge is 0.548 e. The summed E-state index contributed by atoms with van der Waals surface area (Å²) in [6.45, 7) is 2.89. The van der Waals surface area contributed by atoms with Crippen molar-refractivity contribution in [2.45, 2.75) is 19.9 Å². The highest BCUT2D eigenvalue weighted by Crippen LogP contribution is 2.16. The molecule has 0 fully saturated rings. The van der Waals surface area contributed by atoms with E-state index in [9.17, 15) is 19.5 Å². The first-order valence-corrected chi connectivity index (χ1v) is 8.08. The number of hydrogen-bond acceptors (Lipinski definition) is 4. The lowest BCUT2D eigenvalue weighted by Crippen LogP contribution is -2.52. The SMILES string of the molecule is Cc1cccc(NC(=O)NCC(=O)N(c2ccccc2)C(C)C(=O)[O-])c1. The summed E-state index contributed by atoms with van der Waals surface area (Å²) >= 11 is 0. The Labute approximate surface area is 151 Å². The molecule has 0 aliphatic carbocycles. The number of benzene rings is 2. The number of amides is 3. The number of carbonyl (C=O) groups is 3. The van der Waals surface area contributed by atoms with E-state index in [2.05, 4.69) is 10.6 Å². The molecule has 2 N–H and O–H groups in total. The zero-order valence-electron chi connectivity index (χ0n) is 14.6. The third kappa shape index (κ3) is 5.07. The molecular formula is C19H20N3O4-. The first-order chi connectivity index (χ1) is 12.4. The van der Waals surface area contributed by atoms with Gasteiger partial charge < -0.3 is 25.4 Å². The van der Waals surface area contributed by atoms with Crippen molar-refractivity contribution in [1.82, 2.24) is 5.32 Å². The molecule has 1 atom stereocenters. The van der Waals surface area contributed by atoms with Gasteiger partial charge in [0.15, 0.2) is 0 Å². The van der Waals surface area contributed by atoms with Gasteiger partial charge in [0.1, 0.15) is 0 Å². The summed E-state index contributed by atoms with van der Waals surface area (Å²) in [6.07, 6.45) is 0. The molecule has 0 bridgehead atoms. The van der Waals surface area contributed by atoms with Crippen LogP contribution < -0.4 is 20.6 Å². The lowest BCUT2D eigenvalue weighted by Gasteiger charge is -2.30. The number of nitrogens with zero attached hydrogens (tertiary/aromatic N) is 1. The summed E-state index contributed by atoms with van der Waals surface area (Å²) < 4.78 is 0. The summed E-state index contributed by atoms with van der Waals surface area (Å²) in [7, 11) is 0. The van der Waals surface area contributed by atoms with Crippen LogP contribution in [-0.4, -0.2) is 30.5 Å². The average Bonchev–Trinajstić information content (AvgIpc) is 2.61. The van der Waals surface area contributed by atoms with Gasteiger partial charge in [-0.3, -0.25) is 4.79 Å². The van der Waals surface area contributed by atoms with Crippen LogP contribution in [0.15, 0.2) is 54.6 Å². The second-order valence-corrected chi connectivity index (χ2v) is 5.77. The summed E-state index contributed by atoms with van der Waals surface area (Å²) in [6, 6.07) is 13.8. The molecule has 0 aliphatic rings. The van der Waals surface area contributed by atoms with Gasteiger partial charge >= 0.3 is 6.03 Å². The molecule has 0 saturated carbocycles.